The Morgan fingerprint density at radius 3 is 2.50 bits per heavy atom. The summed E-state index contributed by atoms with van der Waals surface area (Å²) >= 11 is 1.23. The summed E-state index contributed by atoms with van der Waals surface area (Å²) in [5.41, 5.74) is 5.69. The van der Waals surface area contributed by atoms with Crippen LogP contribution in [0.15, 0.2) is 29.2 Å². The molecule has 1 rings (SSSR count). The van der Waals surface area contributed by atoms with Crippen molar-refractivity contribution in [2.24, 2.45) is 5.73 Å². The average Bonchev–Trinajstić information content (AvgIpc) is 2.26. The monoisotopic (exact) mass is 281 g/mol. The fourth-order valence-corrected chi connectivity index (χ4v) is 2.35. The maximum atomic E-state index is 13.2. The Kier molecular flexibility index (Phi) is 5.95. The third kappa shape index (κ3) is 6.26. The zero-order chi connectivity index (χ0) is 13.6. The summed E-state index contributed by atoms with van der Waals surface area (Å²) in [7, 11) is 0. The van der Waals surface area contributed by atoms with Gasteiger partial charge in [-0.2, -0.15) is 13.2 Å². The van der Waals surface area contributed by atoms with Crippen LogP contribution in [-0.4, -0.2) is 18.0 Å². The van der Waals surface area contributed by atoms with Gasteiger partial charge in [-0.1, -0.05) is 12.1 Å². The second kappa shape index (κ2) is 6.99. The summed E-state index contributed by atoms with van der Waals surface area (Å²) in [6.07, 6.45) is -4.63. The molecular formula is C12H15F4NS. The van der Waals surface area contributed by atoms with E-state index in [1.165, 1.54) is 17.8 Å². The van der Waals surface area contributed by atoms with E-state index in [0.717, 1.165) is 0 Å². The number of hydrogen-bond acceptors (Lipinski definition) is 2. The van der Waals surface area contributed by atoms with E-state index in [0.29, 0.717) is 17.1 Å². The van der Waals surface area contributed by atoms with Crippen LogP contribution in [0.4, 0.5) is 17.6 Å². The predicted molar refractivity (Wildman–Crippen MR) is 65.0 cm³/mol. The van der Waals surface area contributed by atoms with Gasteiger partial charge in [0.1, 0.15) is 5.82 Å². The Morgan fingerprint density at radius 1 is 1.22 bits per heavy atom. The highest BCUT2D eigenvalue weighted by Gasteiger charge is 2.26. The molecule has 0 radical (unpaired) electrons. The lowest BCUT2D eigenvalue weighted by atomic mass is 10.1. The summed E-state index contributed by atoms with van der Waals surface area (Å²) in [5.74, 6) is 0.0868. The molecule has 0 aliphatic carbocycles. The van der Waals surface area contributed by atoms with Crippen LogP contribution in [0, 0.1) is 5.82 Å². The third-order valence-electron chi connectivity index (χ3n) is 2.32. The first-order valence-corrected chi connectivity index (χ1v) is 6.57. The zero-order valence-corrected chi connectivity index (χ0v) is 10.5. The molecule has 102 valence electrons. The molecule has 0 bridgehead atoms. The first-order chi connectivity index (χ1) is 8.38. The van der Waals surface area contributed by atoms with Crippen molar-refractivity contribution >= 4 is 11.8 Å². The number of alkyl halides is 3. The third-order valence-corrected chi connectivity index (χ3v) is 3.56. The van der Waals surface area contributed by atoms with Crippen LogP contribution in [0.25, 0.3) is 0 Å². The number of thioether (sulfide) groups is 1. The van der Waals surface area contributed by atoms with Crippen LogP contribution in [0.2, 0.25) is 0 Å². The lowest BCUT2D eigenvalue weighted by molar-refractivity contribution is -0.135. The van der Waals surface area contributed by atoms with Crippen molar-refractivity contribution in [3.63, 3.8) is 0 Å². The molecule has 2 N–H and O–H groups in total. The molecule has 6 heteroatoms. The molecule has 1 atom stereocenters. The van der Waals surface area contributed by atoms with E-state index in [1.807, 2.05) is 0 Å². The molecule has 0 aromatic heterocycles. The molecule has 0 saturated heterocycles. The number of benzene rings is 1. The average molecular weight is 281 g/mol. The molecule has 1 unspecified atom stereocenters. The van der Waals surface area contributed by atoms with E-state index < -0.39 is 12.6 Å². The first kappa shape index (κ1) is 15.3. The Balaban J connectivity index is 2.25. The van der Waals surface area contributed by atoms with Gasteiger partial charge in [0.15, 0.2) is 0 Å². The van der Waals surface area contributed by atoms with Gasteiger partial charge in [-0.25, -0.2) is 4.39 Å². The molecule has 0 aliphatic rings. The molecule has 0 fully saturated rings. The second-order valence-electron chi connectivity index (χ2n) is 4.01. The van der Waals surface area contributed by atoms with Crippen LogP contribution in [0.1, 0.15) is 19.3 Å². The standard InChI is InChI=1S/C12H15F4NS/c13-10-5-1-2-6-11(10)18-8-9(17)4-3-7-12(14,15)16/h1-2,5-6,9H,3-4,7-8,17H2. The maximum absolute atomic E-state index is 13.2. The van der Waals surface area contributed by atoms with Gasteiger partial charge in [-0.05, 0) is 25.0 Å². The van der Waals surface area contributed by atoms with Crippen LogP contribution in [0.5, 0.6) is 0 Å². The lowest BCUT2D eigenvalue weighted by Crippen LogP contribution is -2.23. The van der Waals surface area contributed by atoms with Gasteiger partial charge in [-0.3, -0.25) is 0 Å². The smallest absolute Gasteiger partial charge is 0.327 e. The van der Waals surface area contributed by atoms with Gasteiger partial charge in [-0.15, -0.1) is 11.8 Å². The molecule has 0 amide bonds. The quantitative estimate of drug-likeness (QED) is 0.630. The molecule has 0 spiro atoms. The SMILES string of the molecule is NC(CCCC(F)(F)F)CSc1ccccc1F. The fraction of sp³-hybridized carbons (Fsp3) is 0.500. The summed E-state index contributed by atoms with van der Waals surface area (Å²) in [5, 5.41) is 0. The molecule has 1 nitrogen and oxygen atoms in total. The van der Waals surface area contributed by atoms with Crippen LogP contribution < -0.4 is 5.73 Å². The maximum Gasteiger partial charge on any atom is 0.389 e. The van der Waals surface area contributed by atoms with Crippen LogP contribution in [-0.2, 0) is 0 Å². The van der Waals surface area contributed by atoms with Crippen molar-refractivity contribution in [2.45, 2.75) is 36.4 Å². The van der Waals surface area contributed by atoms with Crippen molar-refractivity contribution in [2.75, 3.05) is 5.75 Å². The largest absolute Gasteiger partial charge is 0.389 e. The fourth-order valence-electron chi connectivity index (χ4n) is 1.41. The van der Waals surface area contributed by atoms with E-state index in [1.54, 1.807) is 18.2 Å². The Labute approximate surface area is 108 Å². The minimum absolute atomic E-state index is 0.0164. The summed E-state index contributed by atoms with van der Waals surface area (Å²) in [4.78, 5) is 0.476. The normalized spacial score (nSPS) is 13.6. The highest BCUT2D eigenvalue weighted by molar-refractivity contribution is 7.99. The molecule has 18 heavy (non-hydrogen) atoms. The van der Waals surface area contributed by atoms with Crippen LogP contribution in [0.3, 0.4) is 0 Å². The van der Waals surface area contributed by atoms with Gasteiger partial charge < -0.3 is 5.73 Å². The minimum atomic E-state index is -4.13. The predicted octanol–water partition coefficient (Wildman–Crippen LogP) is 3.98. The molecule has 0 saturated carbocycles. The van der Waals surface area contributed by atoms with E-state index in [-0.39, 0.29) is 18.3 Å². The minimum Gasteiger partial charge on any atom is -0.327 e. The molecule has 1 aromatic rings. The van der Waals surface area contributed by atoms with Crippen LogP contribution >= 0.6 is 11.8 Å². The van der Waals surface area contributed by atoms with Gasteiger partial charge in [0.2, 0.25) is 0 Å². The molecule has 1 aromatic carbocycles. The number of nitrogens with two attached hydrogens (primary N) is 1. The van der Waals surface area contributed by atoms with Crippen molar-refractivity contribution in [3.05, 3.63) is 30.1 Å². The van der Waals surface area contributed by atoms with Gasteiger partial charge >= 0.3 is 6.18 Å². The first-order valence-electron chi connectivity index (χ1n) is 5.58. The summed E-state index contributed by atoms with van der Waals surface area (Å²) in [6.45, 7) is 0. The highest BCUT2D eigenvalue weighted by atomic mass is 32.2. The van der Waals surface area contributed by atoms with Crippen molar-refractivity contribution in [1.82, 2.24) is 0 Å². The van der Waals surface area contributed by atoms with Gasteiger partial charge in [0.25, 0.3) is 0 Å². The van der Waals surface area contributed by atoms with E-state index in [4.69, 9.17) is 5.73 Å². The molecule has 0 heterocycles. The summed E-state index contributed by atoms with van der Waals surface area (Å²) < 4.78 is 49.0. The second-order valence-corrected chi connectivity index (χ2v) is 5.07. The zero-order valence-electron chi connectivity index (χ0n) is 9.71. The number of halogens is 4. The lowest BCUT2D eigenvalue weighted by Gasteiger charge is -2.12. The van der Waals surface area contributed by atoms with E-state index in [2.05, 4.69) is 0 Å². The topological polar surface area (TPSA) is 26.0 Å². The van der Waals surface area contributed by atoms with Gasteiger partial charge in [0.05, 0.1) is 0 Å². The van der Waals surface area contributed by atoms with E-state index >= 15 is 0 Å². The Hall–Kier alpha value is -0.750. The highest BCUT2D eigenvalue weighted by Crippen LogP contribution is 2.25. The van der Waals surface area contributed by atoms with Gasteiger partial charge in [0, 0.05) is 23.1 Å². The van der Waals surface area contributed by atoms with Crippen molar-refractivity contribution in [1.29, 1.82) is 0 Å². The number of rotatable bonds is 6. The molecular weight excluding hydrogens is 266 g/mol. The summed E-state index contributed by atoms with van der Waals surface area (Å²) in [6, 6.07) is 5.92. The van der Waals surface area contributed by atoms with Crippen molar-refractivity contribution < 1.29 is 17.6 Å². The van der Waals surface area contributed by atoms with Crippen molar-refractivity contribution in [3.8, 4) is 0 Å². The number of hydrogen-bond donors (Lipinski definition) is 1. The molecule has 0 aliphatic heterocycles. The van der Waals surface area contributed by atoms with E-state index in [9.17, 15) is 17.6 Å². The Morgan fingerprint density at radius 2 is 1.89 bits per heavy atom. The Bertz CT molecular complexity index is 367.